The predicted octanol–water partition coefficient (Wildman–Crippen LogP) is 4.82. The van der Waals surface area contributed by atoms with E-state index < -0.39 is 11.7 Å². The second kappa shape index (κ2) is 6.68. The van der Waals surface area contributed by atoms with Crippen molar-refractivity contribution in [3.63, 3.8) is 0 Å². The molecule has 2 aromatic rings. The number of imide groups is 1. The zero-order valence-corrected chi connectivity index (χ0v) is 14.2. The van der Waals surface area contributed by atoms with E-state index >= 15 is 0 Å². The smallest absolute Gasteiger partial charge is 0.268 e. The van der Waals surface area contributed by atoms with Crippen molar-refractivity contribution in [2.45, 2.75) is 6.54 Å². The van der Waals surface area contributed by atoms with E-state index in [0.29, 0.717) is 10.5 Å². The standard InChI is InChI=1S/C17H11BrFNO2S/c18-13-7-5-11(6-8-13)9-15-16(21)20(17(22)23-15)10-12-3-1-2-4-14(12)19/h1-9H,10H2/b15-9+. The molecule has 0 saturated carbocycles. The first-order valence-corrected chi connectivity index (χ1v) is 8.40. The molecule has 0 atom stereocenters. The largest absolute Gasteiger partial charge is 0.293 e. The minimum Gasteiger partial charge on any atom is -0.268 e. The molecule has 2 amide bonds. The van der Waals surface area contributed by atoms with Crippen molar-refractivity contribution < 1.29 is 14.0 Å². The van der Waals surface area contributed by atoms with Gasteiger partial charge in [-0.1, -0.05) is 46.3 Å². The predicted molar refractivity (Wildman–Crippen MR) is 92.1 cm³/mol. The van der Waals surface area contributed by atoms with Gasteiger partial charge in [-0.3, -0.25) is 14.5 Å². The van der Waals surface area contributed by atoms with Crippen molar-refractivity contribution in [1.82, 2.24) is 4.90 Å². The summed E-state index contributed by atoms with van der Waals surface area (Å²) >= 11 is 4.21. The third-order valence-electron chi connectivity index (χ3n) is 3.33. The van der Waals surface area contributed by atoms with Crippen LogP contribution < -0.4 is 0 Å². The summed E-state index contributed by atoms with van der Waals surface area (Å²) in [6.45, 7) is -0.0605. The van der Waals surface area contributed by atoms with Gasteiger partial charge in [0.25, 0.3) is 11.1 Å². The third-order valence-corrected chi connectivity index (χ3v) is 4.76. The van der Waals surface area contributed by atoms with E-state index in [1.54, 1.807) is 24.3 Å². The van der Waals surface area contributed by atoms with Crippen LogP contribution in [0.5, 0.6) is 0 Å². The van der Waals surface area contributed by atoms with Crippen LogP contribution in [0.1, 0.15) is 11.1 Å². The van der Waals surface area contributed by atoms with E-state index in [1.165, 1.54) is 6.07 Å². The lowest BCUT2D eigenvalue weighted by molar-refractivity contribution is -0.123. The SMILES string of the molecule is O=C1S/C(=C/c2ccc(Br)cc2)C(=O)N1Cc1ccccc1F. The van der Waals surface area contributed by atoms with Gasteiger partial charge in [0.15, 0.2) is 0 Å². The fourth-order valence-electron chi connectivity index (χ4n) is 2.14. The zero-order chi connectivity index (χ0) is 16.4. The van der Waals surface area contributed by atoms with Gasteiger partial charge in [0.2, 0.25) is 0 Å². The molecular weight excluding hydrogens is 381 g/mol. The average Bonchev–Trinajstić information content (AvgIpc) is 2.79. The van der Waals surface area contributed by atoms with Crippen molar-refractivity contribution >= 4 is 44.9 Å². The molecule has 0 bridgehead atoms. The van der Waals surface area contributed by atoms with Crippen molar-refractivity contribution in [3.8, 4) is 0 Å². The number of thioether (sulfide) groups is 1. The highest BCUT2D eigenvalue weighted by Crippen LogP contribution is 2.33. The summed E-state index contributed by atoms with van der Waals surface area (Å²) < 4.78 is 14.6. The molecule has 3 nitrogen and oxygen atoms in total. The molecule has 1 saturated heterocycles. The summed E-state index contributed by atoms with van der Waals surface area (Å²) in [5.41, 5.74) is 1.14. The number of carbonyl (C=O) groups is 2. The molecule has 1 heterocycles. The molecule has 3 rings (SSSR count). The number of amides is 2. The molecule has 0 radical (unpaired) electrons. The Morgan fingerprint density at radius 2 is 1.78 bits per heavy atom. The lowest BCUT2D eigenvalue weighted by atomic mass is 10.2. The number of benzene rings is 2. The zero-order valence-electron chi connectivity index (χ0n) is 11.8. The van der Waals surface area contributed by atoms with E-state index in [2.05, 4.69) is 15.9 Å². The normalized spacial score (nSPS) is 16.4. The number of halogens is 2. The topological polar surface area (TPSA) is 37.4 Å². The number of hydrogen-bond acceptors (Lipinski definition) is 3. The Labute approximate surface area is 145 Å². The van der Waals surface area contributed by atoms with Crippen LogP contribution in [0.2, 0.25) is 0 Å². The summed E-state index contributed by atoms with van der Waals surface area (Å²) in [4.78, 5) is 25.8. The molecule has 0 spiro atoms. The maximum absolute atomic E-state index is 13.7. The summed E-state index contributed by atoms with van der Waals surface area (Å²) in [5, 5.41) is -0.387. The Morgan fingerprint density at radius 1 is 1.09 bits per heavy atom. The average molecular weight is 392 g/mol. The third kappa shape index (κ3) is 3.54. The molecule has 0 unspecified atom stereocenters. The molecular formula is C17H11BrFNO2S. The highest BCUT2D eigenvalue weighted by Gasteiger charge is 2.35. The van der Waals surface area contributed by atoms with E-state index in [4.69, 9.17) is 0 Å². The number of nitrogens with zero attached hydrogens (tertiary/aromatic N) is 1. The fraction of sp³-hybridized carbons (Fsp3) is 0.0588. The van der Waals surface area contributed by atoms with Crippen LogP contribution in [-0.4, -0.2) is 16.0 Å². The van der Waals surface area contributed by atoms with Gasteiger partial charge in [0.05, 0.1) is 11.4 Å². The Morgan fingerprint density at radius 3 is 2.48 bits per heavy atom. The molecule has 1 aliphatic rings. The van der Waals surface area contributed by atoms with Gasteiger partial charge in [0.1, 0.15) is 5.82 Å². The Kier molecular flexibility index (Phi) is 4.63. The van der Waals surface area contributed by atoms with Gasteiger partial charge in [-0.05, 0) is 41.6 Å². The van der Waals surface area contributed by atoms with Crippen LogP contribution in [0, 0.1) is 5.82 Å². The molecule has 0 N–H and O–H groups in total. The van der Waals surface area contributed by atoms with Crippen LogP contribution >= 0.6 is 27.7 Å². The van der Waals surface area contributed by atoms with Crippen LogP contribution in [-0.2, 0) is 11.3 Å². The number of hydrogen-bond donors (Lipinski definition) is 0. The summed E-state index contributed by atoms with van der Waals surface area (Å²) in [5.74, 6) is -0.824. The maximum Gasteiger partial charge on any atom is 0.293 e. The highest BCUT2D eigenvalue weighted by molar-refractivity contribution is 9.10. The molecule has 0 aromatic heterocycles. The minimum absolute atomic E-state index is 0.0605. The summed E-state index contributed by atoms with van der Waals surface area (Å²) in [7, 11) is 0. The summed E-state index contributed by atoms with van der Waals surface area (Å²) in [6, 6.07) is 13.5. The lowest BCUT2D eigenvalue weighted by Crippen LogP contribution is -2.27. The van der Waals surface area contributed by atoms with Gasteiger partial charge in [-0.15, -0.1) is 0 Å². The van der Waals surface area contributed by atoms with Gasteiger partial charge >= 0.3 is 0 Å². The van der Waals surface area contributed by atoms with Crippen LogP contribution in [0.4, 0.5) is 9.18 Å². The first-order chi connectivity index (χ1) is 11.0. The molecule has 0 aliphatic carbocycles. The van der Waals surface area contributed by atoms with Crippen LogP contribution in [0.3, 0.4) is 0 Å². The summed E-state index contributed by atoms with van der Waals surface area (Å²) in [6.07, 6.45) is 1.67. The van der Waals surface area contributed by atoms with E-state index in [9.17, 15) is 14.0 Å². The van der Waals surface area contributed by atoms with Crippen molar-refractivity contribution in [2.24, 2.45) is 0 Å². The molecule has 23 heavy (non-hydrogen) atoms. The van der Waals surface area contributed by atoms with Crippen molar-refractivity contribution in [3.05, 3.63) is 74.9 Å². The first-order valence-electron chi connectivity index (χ1n) is 6.79. The Bertz CT molecular complexity index is 804. The van der Waals surface area contributed by atoms with Gasteiger partial charge < -0.3 is 0 Å². The number of carbonyl (C=O) groups excluding carboxylic acids is 2. The van der Waals surface area contributed by atoms with Gasteiger partial charge in [-0.2, -0.15) is 0 Å². The maximum atomic E-state index is 13.7. The molecule has 116 valence electrons. The second-order valence-electron chi connectivity index (χ2n) is 4.91. The fourth-order valence-corrected chi connectivity index (χ4v) is 3.25. The molecule has 2 aromatic carbocycles. The van der Waals surface area contributed by atoms with Crippen molar-refractivity contribution in [1.29, 1.82) is 0 Å². The van der Waals surface area contributed by atoms with Gasteiger partial charge in [-0.25, -0.2) is 4.39 Å². The van der Waals surface area contributed by atoms with Crippen molar-refractivity contribution in [2.75, 3.05) is 0 Å². The second-order valence-corrected chi connectivity index (χ2v) is 6.82. The van der Waals surface area contributed by atoms with E-state index in [-0.39, 0.29) is 11.8 Å². The molecule has 6 heteroatoms. The quantitative estimate of drug-likeness (QED) is 0.703. The van der Waals surface area contributed by atoms with E-state index in [0.717, 1.165) is 26.7 Å². The molecule has 1 aliphatic heterocycles. The Balaban J connectivity index is 1.82. The monoisotopic (exact) mass is 391 g/mol. The number of rotatable bonds is 3. The molecule has 1 fully saturated rings. The van der Waals surface area contributed by atoms with E-state index in [1.807, 2.05) is 24.3 Å². The lowest BCUT2D eigenvalue weighted by Gasteiger charge is -2.12. The first kappa shape index (κ1) is 16.0. The Hall–Kier alpha value is -1.92. The highest BCUT2D eigenvalue weighted by atomic mass is 79.9. The van der Waals surface area contributed by atoms with Crippen LogP contribution in [0.25, 0.3) is 6.08 Å². The van der Waals surface area contributed by atoms with Gasteiger partial charge in [0, 0.05) is 10.0 Å². The van der Waals surface area contributed by atoms with Crippen LogP contribution in [0.15, 0.2) is 57.9 Å². The minimum atomic E-state index is -0.427.